The minimum absolute atomic E-state index is 0.0106. The maximum Gasteiger partial charge on any atom is 0.338 e. The molecule has 142 valence electrons. The number of ether oxygens (including phenoxy) is 2. The summed E-state index contributed by atoms with van der Waals surface area (Å²) in [5.41, 5.74) is 1.40. The molecule has 0 radical (unpaired) electrons. The van der Waals surface area contributed by atoms with E-state index < -0.39 is 16.8 Å². The van der Waals surface area contributed by atoms with Crippen molar-refractivity contribution >= 4 is 17.6 Å². The highest BCUT2D eigenvalue weighted by Crippen LogP contribution is 2.19. The third kappa shape index (κ3) is 5.35. The SMILES string of the molecule is CCOC(=O)c1cc(C(=O)NCc2ccccc2COC)cc([N+](=O)[O-])c1. The Kier molecular flexibility index (Phi) is 7.01. The number of non-ortho nitro benzene ring substituents is 1. The molecule has 2 aromatic carbocycles. The van der Waals surface area contributed by atoms with Crippen LogP contribution in [-0.2, 0) is 22.6 Å². The summed E-state index contributed by atoms with van der Waals surface area (Å²) in [6.45, 7) is 2.37. The molecule has 0 aliphatic heterocycles. The molecule has 0 unspecified atom stereocenters. The standard InChI is InChI=1S/C19H20N2O6/c1-3-27-19(23)16-8-15(9-17(10-16)21(24)25)18(22)20-11-13-6-4-5-7-14(13)12-26-2/h4-10H,3,11-12H2,1-2H3,(H,20,22). The Morgan fingerprint density at radius 2 is 1.78 bits per heavy atom. The van der Waals surface area contributed by atoms with Crippen molar-refractivity contribution in [1.29, 1.82) is 0 Å². The molecule has 0 bridgehead atoms. The number of carbonyl (C=O) groups is 2. The summed E-state index contributed by atoms with van der Waals surface area (Å²) in [5, 5.41) is 13.8. The normalized spacial score (nSPS) is 10.3. The average Bonchev–Trinajstić information content (AvgIpc) is 2.67. The van der Waals surface area contributed by atoms with Crippen molar-refractivity contribution in [3.8, 4) is 0 Å². The van der Waals surface area contributed by atoms with Gasteiger partial charge in [-0.25, -0.2) is 4.79 Å². The zero-order valence-electron chi connectivity index (χ0n) is 15.1. The number of amides is 1. The van der Waals surface area contributed by atoms with Gasteiger partial charge in [0.15, 0.2) is 0 Å². The molecule has 0 aromatic heterocycles. The smallest absolute Gasteiger partial charge is 0.338 e. The van der Waals surface area contributed by atoms with Gasteiger partial charge in [0, 0.05) is 31.4 Å². The molecule has 1 N–H and O–H groups in total. The Labute approximate surface area is 156 Å². The first-order valence-corrected chi connectivity index (χ1v) is 8.26. The van der Waals surface area contributed by atoms with E-state index in [1.165, 1.54) is 6.07 Å². The Hall–Kier alpha value is -3.26. The van der Waals surface area contributed by atoms with Gasteiger partial charge in [-0.15, -0.1) is 0 Å². The van der Waals surface area contributed by atoms with Crippen LogP contribution >= 0.6 is 0 Å². The highest BCUT2D eigenvalue weighted by Gasteiger charge is 2.18. The quantitative estimate of drug-likeness (QED) is 0.434. The van der Waals surface area contributed by atoms with Crippen LogP contribution < -0.4 is 5.32 Å². The van der Waals surface area contributed by atoms with Crippen LogP contribution in [0.25, 0.3) is 0 Å². The fraction of sp³-hybridized carbons (Fsp3) is 0.263. The summed E-state index contributed by atoms with van der Waals surface area (Å²) in [4.78, 5) is 34.8. The monoisotopic (exact) mass is 372 g/mol. The molecule has 0 heterocycles. The number of hydrogen-bond donors (Lipinski definition) is 1. The lowest BCUT2D eigenvalue weighted by molar-refractivity contribution is -0.384. The molecule has 0 aliphatic rings. The van der Waals surface area contributed by atoms with E-state index in [1.54, 1.807) is 14.0 Å². The van der Waals surface area contributed by atoms with E-state index in [9.17, 15) is 19.7 Å². The van der Waals surface area contributed by atoms with Crippen molar-refractivity contribution in [2.24, 2.45) is 0 Å². The molecule has 27 heavy (non-hydrogen) atoms. The number of nitro groups is 1. The first-order chi connectivity index (χ1) is 13.0. The van der Waals surface area contributed by atoms with Crippen LogP contribution in [-0.4, -0.2) is 30.5 Å². The molecule has 0 aliphatic carbocycles. The van der Waals surface area contributed by atoms with Gasteiger partial charge in [-0.05, 0) is 24.1 Å². The molecule has 0 spiro atoms. The number of nitro benzene ring substituents is 1. The number of carbonyl (C=O) groups excluding carboxylic acids is 2. The fourth-order valence-corrected chi connectivity index (χ4v) is 2.48. The Balaban J connectivity index is 2.22. The van der Waals surface area contributed by atoms with E-state index in [-0.39, 0.29) is 30.0 Å². The molecule has 0 saturated carbocycles. The topological polar surface area (TPSA) is 108 Å². The molecule has 0 atom stereocenters. The van der Waals surface area contributed by atoms with E-state index in [0.717, 1.165) is 23.3 Å². The van der Waals surface area contributed by atoms with Crippen LogP contribution in [0.4, 0.5) is 5.69 Å². The zero-order valence-corrected chi connectivity index (χ0v) is 15.1. The Morgan fingerprint density at radius 1 is 1.11 bits per heavy atom. The van der Waals surface area contributed by atoms with Gasteiger partial charge in [0.2, 0.25) is 0 Å². The van der Waals surface area contributed by atoms with E-state index >= 15 is 0 Å². The second-order valence-electron chi connectivity index (χ2n) is 5.63. The van der Waals surface area contributed by atoms with Crippen molar-refractivity contribution in [2.75, 3.05) is 13.7 Å². The van der Waals surface area contributed by atoms with Gasteiger partial charge >= 0.3 is 5.97 Å². The van der Waals surface area contributed by atoms with Gasteiger partial charge in [0.05, 0.1) is 23.7 Å². The molecule has 8 nitrogen and oxygen atoms in total. The molecule has 2 rings (SSSR count). The largest absolute Gasteiger partial charge is 0.462 e. The first-order valence-electron chi connectivity index (χ1n) is 8.26. The minimum Gasteiger partial charge on any atom is -0.462 e. The lowest BCUT2D eigenvalue weighted by Gasteiger charge is -2.11. The molecule has 1 amide bonds. The number of esters is 1. The molecular formula is C19H20N2O6. The van der Waals surface area contributed by atoms with Crippen LogP contribution in [0, 0.1) is 10.1 Å². The molecule has 8 heteroatoms. The summed E-state index contributed by atoms with van der Waals surface area (Å²) in [6.07, 6.45) is 0. The van der Waals surface area contributed by atoms with Crippen LogP contribution in [0.5, 0.6) is 0 Å². The Bertz CT molecular complexity index is 850. The summed E-state index contributed by atoms with van der Waals surface area (Å²) in [7, 11) is 1.58. The highest BCUT2D eigenvalue weighted by atomic mass is 16.6. The summed E-state index contributed by atoms with van der Waals surface area (Å²) in [5.74, 6) is -1.25. The lowest BCUT2D eigenvalue weighted by atomic mass is 10.1. The van der Waals surface area contributed by atoms with Crippen molar-refractivity contribution in [1.82, 2.24) is 5.32 Å². The second kappa shape index (κ2) is 9.44. The predicted octanol–water partition coefficient (Wildman–Crippen LogP) is 2.85. The van der Waals surface area contributed by atoms with E-state index in [2.05, 4.69) is 5.32 Å². The third-order valence-electron chi connectivity index (χ3n) is 3.76. The third-order valence-corrected chi connectivity index (χ3v) is 3.76. The maximum atomic E-state index is 12.5. The molecule has 0 fully saturated rings. The van der Waals surface area contributed by atoms with Crippen LogP contribution in [0.2, 0.25) is 0 Å². The maximum absolute atomic E-state index is 12.5. The van der Waals surface area contributed by atoms with Crippen molar-refractivity contribution in [2.45, 2.75) is 20.1 Å². The van der Waals surface area contributed by atoms with Gasteiger partial charge in [-0.3, -0.25) is 14.9 Å². The van der Waals surface area contributed by atoms with Gasteiger partial charge in [0.25, 0.3) is 11.6 Å². The second-order valence-corrected chi connectivity index (χ2v) is 5.63. The molecular weight excluding hydrogens is 352 g/mol. The average molecular weight is 372 g/mol. The number of nitrogens with zero attached hydrogens (tertiary/aromatic N) is 1. The number of methoxy groups -OCH3 is 1. The lowest BCUT2D eigenvalue weighted by Crippen LogP contribution is -2.24. The minimum atomic E-state index is -0.722. The predicted molar refractivity (Wildman–Crippen MR) is 97.4 cm³/mol. The molecule has 0 saturated heterocycles. The number of rotatable bonds is 8. The van der Waals surface area contributed by atoms with Gasteiger partial charge < -0.3 is 14.8 Å². The summed E-state index contributed by atoms with van der Waals surface area (Å²) < 4.78 is 9.99. The summed E-state index contributed by atoms with van der Waals surface area (Å²) >= 11 is 0. The van der Waals surface area contributed by atoms with Gasteiger partial charge in [-0.2, -0.15) is 0 Å². The number of nitrogens with one attached hydrogen (secondary N) is 1. The van der Waals surface area contributed by atoms with Gasteiger partial charge in [0.1, 0.15) is 0 Å². The van der Waals surface area contributed by atoms with Crippen molar-refractivity contribution < 1.29 is 24.0 Å². The van der Waals surface area contributed by atoms with Crippen molar-refractivity contribution in [3.63, 3.8) is 0 Å². The Morgan fingerprint density at radius 3 is 2.41 bits per heavy atom. The zero-order chi connectivity index (χ0) is 19.8. The van der Waals surface area contributed by atoms with E-state index in [1.807, 2.05) is 24.3 Å². The summed E-state index contributed by atoms with van der Waals surface area (Å²) in [6, 6.07) is 10.9. The van der Waals surface area contributed by atoms with Gasteiger partial charge in [-0.1, -0.05) is 24.3 Å². The molecule has 2 aromatic rings. The van der Waals surface area contributed by atoms with E-state index in [0.29, 0.717) is 6.61 Å². The fourth-order valence-electron chi connectivity index (χ4n) is 2.48. The highest BCUT2D eigenvalue weighted by molar-refractivity contribution is 5.99. The van der Waals surface area contributed by atoms with Crippen molar-refractivity contribution in [3.05, 3.63) is 74.8 Å². The van der Waals surface area contributed by atoms with Crippen LogP contribution in [0.3, 0.4) is 0 Å². The van der Waals surface area contributed by atoms with Crippen LogP contribution in [0.15, 0.2) is 42.5 Å². The number of hydrogen-bond acceptors (Lipinski definition) is 6. The first kappa shape index (κ1) is 20.1. The number of benzene rings is 2. The van der Waals surface area contributed by atoms with E-state index in [4.69, 9.17) is 9.47 Å². The van der Waals surface area contributed by atoms with Crippen LogP contribution in [0.1, 0.15) is 38.8 Å².